The van der Waals surface area contributed by atoms with Crippen LogP contribution in [0.4, 0.5) is 0 Å². The fourth-order valence-electron chi connectivity index (χ4n) is 1.43. The largest absolute Gasteiger partial charge is 0.0934 e. The van der Waals surface area contributed by atoms with Crippen LogP contribution in [0, 0.1) is 5.41 Å². The Bertz CT molecular complexity index is 364. The summed E-state index contributed by atoms with van der Waals surface area (Å²) in [6.07, 6.45) is 0.878. The molecule has 0 fully saturated rings. The number of azide groups is 1. The first-order valence-electron chi connectivity index (χ1n) is 4.79. The third kappa shape index (κ3) is 4.24. The molecule has 0 saturated carbocycles. The lowest BCUT2D eigenvalue weighted by molar-refractivity contribution is 0.376. The normalized spacial score (nSPS) is 10.9. The average Bonchev–Trinajstić information content (AvgIpc) is 2.18. The molecule has 15 heavy (non-hydrogen) atoms. The van der Waals surface area contributed by atoms with E-state index >= 15 is 0 Å². The Morgan fingerprint density at radius 3 is 2.47 bits per heavy atom. The van der Waals surface area contributed by atoms with Gasteiger partial charge in [0.15, 0.2) is 0 Å². The van der Waals surface area contributed by atoms with Gasteiger partial charge in [-0.25, -0.2) is 0 Å². The molecule has 0 radical (unpaired) electrons. The molecule has 80 valence electrons. The minimum absolute atomic E-state index is 0.0138. The van der Waals surface area contributed by atoms with E-state index in [0.29, 0.717) is 6.54 Å². The molecule has 0 aromatic heterocycles. The monoisotopic (exact) mass is 223 g/mol. The molecule has 0 aliphatic heterocycles. The van der Waals surface area contributed by atoms with Gasteiger partial charge in [0.1, 0.15) is 0 Å². The van der Waals surface area contributed by atoms with Gasteiger partial charge in [-0.1, -0.05) is 42.7 Å². The first-order chi connectivity index (χ1) is 7.03. The summed E-state index contributed by atoms with van der Waals surface area (Å²) in [5.41, 5.74) is 9.47. The molecule has 0 spiro atoms. The molecule has 0 atom stereocenters. The molecule has 0 amide bonds. The van der Waals surface area contributed by atoms with Crippen LogP contribution in [0.2, 0.25) is 5.02 Å². The Kier molecular flexibility index (Phi) is 4.01. The topological polar surface area (TPSA) is 48.8 Å². The van der Waals surface area contributed by atoms with Crippen molar-refractivity contribution in [1.82, 2.24) is 0 Å². The van der Waals surface area contributed by atoms with E-state index in [0.717, 1.165) is 11.4 Å². The Labute approximate surface area is 94.7 Å². The van der Waals surface area contributed by atoms with Gasteiger partial charge in [0.05, 0.1) is 0 Å². The maximum absolute atomic E-state index is 8.27. The molecule has 0 aliphatic rings. The predicted molar refractivity (Wildman–Crippen MR) is 63.0 cm³/mol. The van der Waals surface area contributed by atoms with E-state index in [1.54, 1.807) is 0 Å². The van der Waals surface area contributed by atoms with E-state index in [-0.39, 0.29) is 5.41 Å². The second kappa shape index (κ2) is 5.06. The van der Waals surface area contributed by atoms with E-state index < -0.39 is 0 Å². The van der Waals surface area contributed by atoms with Gasteiger partial charge in [-0.05, 0) is 35.1 Å². The van der Waals surface area contributed by atoms with Crippen molar-refractivity contribution in [3.8, 4) is 0 Å². The lowest BCUT2D eigenvalue weighted by atomic mass is 9.86. The third-order valence-corrected chi connectivity index (χ3v) is 2.41. The first-order valence-corrected chi connectivity index (χ1v) is 5.17. The summed E-state index contributed by atoms with van der Waals surface area (Å²) in [4.78, 5) is 2.78. The first kappa shape index (κ1) is 11.9. The lowest BCUT2D eigenvalue weighted by Gasteiger charge is -2.22. The van der Waals surface area contributed by atoms with E-state index in [1.165, 1.54) is 5.56 Å². The summed E-state index contributed by atoms with van der Waals surface area (Å²) in [5.74, 6) is 0. The fourth-order valence-corrected chi connectivity index (χ4v) is 1.56. The van der Waals surface area contributed by atoms with Gasteiger partial charge >= 0.3 is 0 Å². The summed E-state index contributed by atoms with van der Waals surface area (Å²) in [5, 5.41) is 4.35. The van der Waals surface area contributed by atoms with Crippen molar-refractivity contribution in [1.29, 1.82) is 0 Å². The van der Waals surface area contributed by atoms with Crippen molar-refractivity contribution in [3.63, 3.8) is 0 Å². The fraction of sp³-hybridized carbons (Fsp3) is 0.455. The Hall–Kier alpha value is -1.18. The Balaban J connectivity index is 2.67. The Morgan fingerprint density at radius 2 is 1.93 bits per heavy atom. The molecule has 0 N–H and O–H groups in total. The van der Waals surface area contributed by atoms with Crippen LogP contribution < -0.4 is 0 Å². The molecule has 0 bridgehead atoms. The van der Waals surface area contributed by atoms with Crippen molar-refractivity contribution in [3.05, 3.63) is 45.3 Å². The van der Waals surface area contributed by atoms with Crippen LogP contribution >= 0.6 is 11.6 Å². The van der Waals surface area contributed by atoms with Crippen molar-refractivity contribution in [2.24, 2.45) is 10.5 Å². The number of hydrogen-bond acceptors (Lipinski definition) is 1. The van der Waals surface area contributed by atoms with E-state index in [1.807, 2.05) is 24.3 Å². The van der Waals surface area contributed by atoms with Crippen molar-refractivity contribution < 1.29 is 0 Å². The summed E-state index contributed by atoms with van der Waals surface area (Å²) in [7, 11) is 0. The molecular formula is C11H14ClN3. The molecule has 1 aromatic carbocycles. The molecule has 1 aromatic rings. The summed E-state index contributed by atoms with van der Waals surface area (Å²) >= 11 is 5.80. The molecule has 0 aliphatic carbocycles. The van der Waals surface area contributed by atoms with Crippen molar-refractivity contribution in [2.75, 3.05) is 6.54 Å². The zero-order valence-corrected chi connectivity index (χ0v) is 9.70. The van der Waals surface area contributed by atoms with Crippen LogP contribution in [0.3, 0.4) is 0 Å². The summed E-state index contributed by atoms with van der Waals surface area (Å²) < 4.78 is 0. The number of nitrogens with zero attached hydrogens (tertiary/aromatic N) is 3. The van der Waals surface area contributed by atoms with Crippen LogP contribution in [0.1, 0.15) is 19.4 Å². The van der Waals surface area contributed by atoms with Gasteiger partial charge in [0.2, 0.25) is 0 Å². The highest BCUT2D eigenvalue weighted by atomic mass is 35.5. The highest BCUT2D eigenvalue weighted by molar-refractivity contribution is 6.30. The highest BCUT2D eigenvalue weighted by Gasteiger charge is 2.17. The summed E-state index contributed by atoms with van der Waals surface area (Å²) in [6.45, 7) is 4.67. The quantitative estimate of drug-likeness (QED) is 0.417. The van der Waals surface area contributed by atoms with E-state index in [9.17, 15) is 0 Å². The number of halogens is 1. The molecular weight excluding hydrogens is 210 g/mol. The standard InChI is InChI=1S/C11H14ClN3/c1-11(2,8-14-15-13)7-9-3-5-10(12)6-4-9/h3-6H,7-8H2,1-2H3. The second-order valence-corrected chi connectivity index (χ2v) is 4.79. The lowest BCUT2D eigenvalue weighted by Crippen LogP contribution is -2.18. The van der Waals surface area contributed by atoms with Crippen LogP contribution in [-0.4, -0.2) is 6.54 Å². The molecule has 4 heteroatoms. The SMILES string of the molecule is CC(C)(CN=[N+]=[N-])Cc1ccc(Cl)cc1. The Morgan fingerprint density at radius 1 is 1.33 bits per heavy atom. The highest BCUT2D eigenvalue weighted by Crippen LogP contribution is 2.23. The molecule has 0 saturated heterocycles. The maximum atomic E-state index is 8.27. The minimum atomic E-state index is -0.0138. The van der Waals surface area contributed by atoms with Crippen molar-refractivity contribution in [2.45, 2.75) is 20.3 Å². The molecule has 3 nitrogen and oxygen atoms in total. The maximum Gasteiger partial charge on any atom is 0.0406 e. The smallest absolute Gasteiger partial charge is 0.0406 e. The minimum Gasteiger partial charge on any atom is -0.0934 e. The van der Waals surface area contributed by atoms with Crippen LogP contribution in [0.25, 0.3) is 10.4 Å². The zero-order valence-electron chi connectivity index (χ0n) is 8.94. The van der Waals surface area contributed by atoms with Gasteiger partial charge in [-0.15, -0.1) is 0 Å². The van der Waals surface area contributed by atoms with Gasteiger partial charge in [-0.2, -0.15) is 0 Å². The van der Waals surface area contributed by atoms with Gasteiger partial charge in [-0.3, -0.25) is 0 Å². The third-order valence-electron chi connectivity index (χ3n) is 2.16. The van der Waals surface area contributed by atoms with Gasteiger partial charge in [0.25, 0.3) is 0 Å². The van der Waals surface area contributed by atoms with Crippen molar-refractivity contribution >= 4 is 11.6 Å². The zero-order chi connectivity index (χ0) is 11.3. The number of hydrogen-bond donors (Lipinski definition) is 0. The van der Waals surface area contributed by atoms with Gasteiger partial charge in [0, 0.05) is 16.5 Å². The molecule has 0 unspecified atom stereocenters. The van der Waals surface area contributed by atoms with E-state index in [2.05, 4.69) is 23.9 Å². The number of rotatable bonds is 4. The number of benzene rings is 1. The average molecular weight is 224 g/mol. The van der Waals surface area contributed by atoms with E-state index in [4.69, 9.17) is 17.1 Å². The predicted octanol–water partition coefficient (Wildman–Crippen LogP) is 4.22. The van der Waals surface area contributed by atoms with Gasteiger partial charge < -0.3 is 0 Å². The van der Waals surface area contributed by atoms with Crippen LogP contribution in [0.15, 0.2) is 29.4 Å². The van der Waals surface area contributed by atoms with Crippen LogP contribution in [0.5, 0.6) is 0 Å². The molecule has 1 rings (SSSR count). The summed E-state index contributed by atoms with van der Waals surface area (Å²) in [6, 6.07) is 7.75. The second-order valence-electron chi connectivity index (χ2n) is 4.36. The van der Waals surface area contributed by atoms with Crippen LogP contribution in [-0.2, 0) is 6.42 Å². The molecule has 0 heterocycles.